The molecule has 0 aromatic rings. The summed E-state index contributed by atoms with van der Waals surface area (Å²) < 4.78 is 0. The van der Waals surface area contributed by atoms with Gasteiger partial charge in [0, 0.05) is 12.6 Å². The molecule has 2 N–H and O–H groups in total. The molecular weight excluding hydrogens is 100 g/mol. The van der Waals surface area contributed by atoms with Crippen LogP contribution in [0.25, 0.3) is 0 Å². The third-order valence-corrected chi connectivity index (χ3v) is 2.26. The van der Waals surface area contributed by atoms with Gasteiger partial charge in [-0.1, -0.05) is 0 Å². The summed E-state index contributed by atoms with van der Waals surface area (Å²) in [6, 6.07) is 0.815. The maximum atomic E-state index is 3.46. The first kappa shape index (κ1) is 4.77. The Balaban J connectivity index is 2.04. The van der Waals surface area contributed by atoms with Gasteiger partial charge in [0.25, 0.3) is 0 Å². The average Bonchev–Trinajstić information content (AvgIpc) is 2.15. The van der Waals surface area contributed by atoms with Crippen LogP contribution < -0.4 is 10.6 Å². The Morgan fingerprint density at radius 1 is 1.25 bits per heavy atom. The molecule has 2 saturated heterocycles. The minimum Gasteiger partial charge on any atom is -0.315 e. The normalized spacial score (nSPS) is 45.0. The zero-order chi connectivity index (χ0) is 5.40. The van der Waals surface area contributed by atoms with Crippen molar-refractivity contribution >= 4 is 0 Å². The summed E-state index contributed by atoms with van der Waals surface area (Å²) in [5.74, 6) is 0.954. The summed E-state index contributed by atoms with van der Waals surface area (Å²) in [4.78, 5) is 0. The molecule has 2 aliphatic rings. The summed E-state index contributed by atoms with van der Waals surface area (Å²) in [7, 11) is 0. The first-order valence-electron chi connectivity index (χ1n) is 3.41. The van der Waals surface area contributed by atoms with Crippen molar-refractivity contribution in [3.8, 4) is 0 Å². The number of nitrogens with one attached hydrogen (secondary N) is 2. The number of hydrogen-bond donors (Lipinski definition) is 2. The lowest BCUT2D eigenvalue weighted by Crippen LogP contribution is -2.27. The van der Waals surface area contributed by atoms with Crippen molar-refractivity contribution in [2.75, 3.05) is 19.6 Å². The number of fused-ring (bicyclic) bond motifs is 1. The van der Waals surface area contributed by atoms with Gasteiger partial charge in [0.15, 0.2) is 0 Å². The van der Waals surface area contributed by atoms with Gasteiger partial charge in [-0.25, -0.2) is 0 Å². The van der Waals surface area contributed by atoms with Crippen LogP contribution >= 0.6 is 0 Å². The van der Waals surface area contributed by atoms with Gasteiger partial charge in [0.1, 0.15) is 0 Å². The standard InChI is InChI=1S/C6H12N2/c1-2-8-6-4-7-3-5(1)6/h5-8H,1-4H2/t5-,6-/m1/s1. The molecular formula is C6H12N2. The van der Waals surface area contributed by atoms with E-state index in [9.17, 15) is 0 Å². The zero-order valence-corrected chi connectivity index (χ0v) is 4.98. The molecule has 0 bridgehead atoms. The van der Waals surface area contributed by atoms with Crippen molar-refractivity contribution < 1.29 is 0 Å². The average molecular weight is 112 g/mol. The third kappa shape index (κ3) is 0.565. The van der Waals surface area contributed by atoms with Crippen LogP contribution in [0.2, 0.25) is 0 Å². The Morgan fingerprint density at radius 2 is 2.25 bits per heavy atom. The molecule has 2 fully saturated rings. The van der Waals surface area contributed by atoms with Crippen molar-refractivity contribution in [3.63, 3.8) is 0 Å². The first-order valence-corrected chi connectivity index (χ1v) is 3.41. The molecule has 0 aromatic heterocycles. The van der Waals surface area contributed by atoms with Gasteiger partial charge in [0.2, 0.25) is 0 Å². The van der Waals surface area contributed by atoms with Crippen molar-refractivity contribution in [1.29, 1.82) is 0 Å². The van der Waals surface area contributed by atoms with E-state index in [0.717, 1.165) is 12.0 Å². The van der Waals surface area contributed by atoms with Gasteiger partial charge in [0.05, 0.1) is 0 Å². The van der Waals surface area contributed by atoms with Gasteiger partial charge in [-0.05, 0) is 25.4 Å². The van der Waals surface area contributed by atoms with Crippen LogP contribution in [0.3, 0.4) is 0 Å². The molecule has 0 amide bonds. The molecule has 2 nitrogen and oxygen atoms in total. The lowest BCUT2D eigenvalue weighted by molar-refractivity contribution is 0.555. The lowest BCUT2D eigenvalue weighted by atomic mass is 10.1. The van der Waals surface area contributed by atoms with Crippen LogP contribution in [-0.2, 0) is 0 Å². The van der Waals surface area contributed by atoms with Gasteiger partial charge in [-0.3, -0.25) is 0 Å². The molecule has 2 heterocycles. The second-order valence-electron chi connectivity index (χ2n) is 2.77. The lowest BCUT2D eigenvalue weighted by Gasteiger charge is -2.03. The second kappa shape index (κ2) is 1.71. The largest absolute Gasteiger partial charge is 0.315 e. The van der Waals surface area contributed by atoms with Crippen molar-refractivity contribution in [1.82, 2.24) is 10.6 Å². The molecule has 0 aromatic carbocycles. The van der Waals surface area contributed by atoms with E-state index in [1.165, 1.54) is 26.1 Å². The van der Waals surface area contributed by atoms with E-state index >= 15 is 0 Å². The summed E-state index contributed by atoms with van der Waals surface area (Å²) >= 11 is 0. The highest BCUT2D eigenvalue weighted by Gasteiger charge is 2.30. The van der Waals surface area contributed by atoms with Crippen LogP contribution in [0.1, 0.15) is 6.42 Å². The monoisotopic (exact) mass is 112 g/mol. The Hall–Kier alpha value is -0.0800. The van der Waals surface area contributed by atoms with Crippen LogP contribution in [0.5, 0.6) is 0 Å². The molecule has 2 rings (SSSR count). The quantitative estimate of drug-likeness (QED) is 0.444. The molecule has 2 atom stereocenters. The summed E-state index contributed by atoms with van der Waals surface area (Å²) in [6.45, 7) is 3.69. The molecule has 2 heteroatoms. The van der Waals surface area contributed by atoms with E-state index in [2.05, 4.69) is 10.6 Å². The highest BCUT2D eigenvalue weighted by molar-refractivity contribution is 4.91. The van der Waals surface area contributed by atoms with Crippen molar-refractivity contribution in [2.45, 2.75) is 12.5 Å². The fourth-order valence-corrected chi connectivity index (χ4v) is 1.73. The van der Waals surface area contributed by atoms with Crippen LogP contribution in [0.15, 0.2) is 0 Å². The second-order valence-corrected chi connectivity index (χ2v) is 2.77. The SMILES string of the molecule is C1C[C@@H]2CNC[C@H]2N1. The highest BCUT2D eigenvalue weighted by Crippen LogP contribution is 2.17. The minimum atomic E-state index is 0.815. The van der Waals surface area contributed by atoms with Crippen LogP contribution in [-0.4, -0.2) is 25.7 Å². The van der Waals surface area contributed by atoms with Gasteiger partial charge in [-0.2, -0.15) is 0 Å². The molecule has 8 heavy (non-hydrogen) atoms. The number of hydrogen-bond acceptors (Lipinski definition) is 2. The smallest absolute Gasteiger partial charge is 0.0233 e. The summed E-state index contributed by atoms with van der Waals surface area (Å²) in [6.07, 6.45) is 1.39. The maximum absolute atomic E-state index is 3.46. The Bertz CT molecular complexity index is 72.5. The van der Waals surface area contributed by atoms with Crippen molar-refractivity contribution in [2.24, 2.45) is 5.92 Å². The van der Waals surface area contributed by atoms with Gasteiger partial charge < -0.3 is 10.6 Å². The van der Waals surface area contributed by atoms with E-state index < -0.39 is 0 Å². The number of rotatable bonds is 0. The van der Waals surface area contributed by atoms with Gasteiger partial charge in [-0.15, -0.1) is 0 Å². The minimum absolute atomic E-state index is 0.815. The molecule has 2 aliphatic heterocycles. The molecule has 46 valence electrons. The van der Waals surface area contributed by atoms with E-state index in [4.69, 9.17) is 0 Å². The van der Waals surface area contributed by atoms with E-state index in [1.54, 1.807) is 0 Å². The summed E-state index contributed by atoms with van der Waals surface area (Å²) in [5.41, 5.74) is 0. The maximum Gasteiger partial charge on any atom is 0.0233 e. The fourth-order valence-electron chi connectivity index (χ4n) is 1.73. The van der Waals surface area contributed by atoms with E-state index in [1.807, 2.05) is 0 Å². The topological polar surface area (TPSA) is 24.1 Å². The van der Waals surface area contributed by atoms with Crippen molar-refractivity contribution in [3.05, 3.63) is 0 Å². The molecule has 0 spiro atoms. The van der Waals surface area contributed by atoms with Gasteiger partial charge >= 0.3 is 0 Å². The molecule has 0 saturated carbocycles. The highest BCUT2D eigenvalue weighted by atomic mass is 15.1. The molecule has 0 radical (unpaired) electrons. The predicted molar refractivity (Wildman–Crippen MR) is 32.8 cm³/mol. The first-order chi connectivity index (χ1) is 3.97. The van der Waals surface area contributed by atoms with E-state index in [-0.39, 0.29) is 0 Å². The van der Waals surface area contributed by atoms with Crippen LogP contribution in [0.4, 0.5) is 0 Å². The third-order valence-electron chi connectivity index (χ3n) is 2.26. The Labute approximate surface area is 49.7 Å². The Morgan fingerprint density at radius 3 is 3.12 bits per heavy atom. The Kier molecular flexibility index (Phi) is 1.02. The van der Waals surface area contributed by atoms with Crippen LogP contribution in [0, 0.1) is 5.92 Å². The van der Waals surface area contributed by atoms with E-state index in [0.29, 0.717) is 0 Å². The predicted octanol–water partition coefficient (Wildman–Crippen LogP) is -0.432. The zero-order valence-electron chi connectivity index (χ0n) is 4.98. The fraction of sp³-hybridized carbons (Fsp3) is 1.00. The molecule has 0 aliphatic carbocycles. The summed E-state index contributed by atoms with van der Waals surface area (Å²) in [5, 5.41) is 6.82. The molecule has 0 unspecified atom stereocenters.